The van der Waals surface area contributed by atoms with Crippen LogP contribution in [0.3, 0.4) is 0 Å². The van der Waals surface area contributed by atoms with Gasteiger partial charge in [0, 0.05) is 17.4 Å². The molecule has 0 spiro atoms. The summed E-state index contributed by atoms with van der Waals surface area (Å²) >= 11 is 0. The Balaban J connectivity index is 1.91. The van der Waals surface area contributed by atoms with Gasteiger partial charge in [-0.3, -0.25) is 9.59 Å². The summed E-state index contributed by atoms with van der Waals surface area (Å²) in [7, 11) is 0. The largest absolute Gasteiger partial charge is 0.370 e. The lowest BCUT2D eigenvalue weighted by atomic mass is 9.75. The Morgan fingerprint density at radius 2 is 1.82 bits per heavy atom. The standard InChI is InChI=1S/C18H31NO3/c1-17(2,3)15(20)13-9-12(11-19-13)10-18(4,5)16(21)14-7-6-8-22-14/h12-14,19H,6-11H2,1-5H3. The van der Waals surface area contributed by atoms with Crippen molar-refractivity contribution in [2.45, 2.75) is 72.4 Å². The monoisotopic (exact) mass is 309 g/mol. The first-order valence-electron chi connectivity index (χ1n) is 8.55. The second-order valence-corrected chi connectivity index (χ2v) is 8.63. The van der Waals surface area contributed by atoms with E-state index < -0.39 is 0 Å². The van der Waals surface area contributed by atoms with Gasteiger partial charge in [-0.25, -0.2) is 0 Å². The SMILES string of the molecule is CC(C)(C)C(=O)C1CC(CC(C)(C)C(=O)C2CCCO2)CN1. The van der Waals surface area contributed by atoms with Gasteiger partial charge >= 0.3 is 0 Å². The number of Topliss-reactive ketones (excluding diaryl/α,β-unsaturated/α-hetero) is 2. The maximum Gasteiger partial charge on any atom is 0.167 e. The fraction of sp³-hybridized carbons (Fsp3) is 0.889. The maximum absolute atomic E-state index is 12.6. The minimum atomic E-state index is -0.374. The molecule has 0 aromatic rings. The molecule has 0 saturated carbocycles. The zero-order valence-electron chi connectivity index (χ0n) is 14.7. The maximum atomic E-state index is 12.6. The van der Waals surface area contributed by atoms with E-state index in [1.54, 1.807) is 0 Å². The van der Waals surface area contributed by atoms with Gasteiger partial charge in [-0.1, -0.05) is 34.6 Å². The second-order valence-electron chi connectivity index (χ2n) is 8.63. The molecule has 2 saturated heterocycles. The van der Waals surface area contributed by atoms with Crippen LogP contribution in [0.2, 0.25) is 0 Å². The molecule has 3 unspecified atom stereocenters. The molecule has 2 aliphatic heterocycles. The number of rotatable bonds is 5. The predicted molar refractivity (Wildman–Crippen MR) is 86.7 cm³/mol. The smallest absolute Gasteiger partial charge is 0.167 e. The van der Waals surface area contributed by atoms with Gasteiger partial charge in [-0.05, 0) is 38.1 Å². The molecule has 2 aliphatic rings. The molecule has 22 heavy (non-hydrogen) atoms. The van der Waals surface area contributed by atoms with E-state index in [-0.39, 0.29) is 34.5 Å². The minimum Gasteiger partial charge on any atom is -0.370 e. The van der Waals surface area contributed by atoms with Gasteiger partial charge in [0.1, 0.15) is 6.10 Å². The summed E-state index contributed by atoms with van der Waals surface area (Å²) < 4.78 is 5.55. The first kappa shape index (κ1) is 17.6. The highest BCUT2D eigenvalue weighted by atomic mass is 16.5. The van der Waals surface area contributed by atoms with Gasteiger partial charge < -0.3 is 10.1 Å². The second kappa shape index (κ2) is 6.40. The molecule has 2 rings (SSSR count). The van der Waals surface area contributed by atoms with Crippen molar-refractivity contribution in [3.05, 3.63) is 0 Å². The van der Waals surface area contributed by atoms with Crippen molar-refractivity contribution in [3.63, 3.8) is 0 Å². The van der Waals surface area contributed by atoms with Crippen LogP contribution in [0.1, 0.15) is 60.3 Å². The summed E-state index contributed by atoms with van der Waals surface area (Å²) in [5.74, 6) is 0.894. The average molecular weight is 309 g/mol. The van der Waals surface area contributed by atoms with Crippen molar-refractivity contribution < 1.29 is 14.3 Å². The third kappa shape index (κ3) is 3.96. The van der Waals surface area contributed by atoms with Crippen LogP contribution >= 0.6 is 0 Å². The van der Waals surface area contributed by atoms with Crippen LogP contribution in [0.5, 0.6) is 0 Å². The van der Waals surface area contributed by atoms with Crippen molar-refractivity contribution in [1.82, 2.24) is 5.32 Å². The van der Waals surface area contributed by atoms with Crippen LogP contribution in [0, 0.1) is 16.7 Å². The molecule has 0 radical (unpaired) electrons. The summed E-state index contributed by atoms with van der Waals surface area (Å²) in [5.41, 5.74) is -0.684. The Labute approximate surface area is 134 Å². The lowest BCUT2D eigenvalue weighted by Crippen LogP contribution is -2.38. The fourth-order valence-electron chi connectivity index (χ4n) is 3.73. The Morgan fingerprint density at radius 1 is 1.14 bits per heavy atom. The molecular formula is C18H31NO3. The number of hydrogen-bond acceptors (Lipinski definition) is 4. The molecule has 0 aliphatic carbocycles. The molecule has 0 aromatic heterocycles. The van der Waals surface area contributed by atoms with Gasteiger partial charge in [0.25, 0.3) is 0 Å². The normalized spacial score (nSPS) is 29.8. The molecule has 126 valence electrons. The third-order valence-electron chi connectivity index (χ3n) is 4.97. The van der Waals surface area contributed by atoms with Crippen LogP contribution in [0.25, 0.3) is 0 Å². The molecule has 0 bridgehead atoms. The highest BCUT2D eigenvalue weighted by Gasteiger charge is 2.41. The molecule has 3 atom stereocenters. The molecule has 0 amide bonds. The molecule has 1 N–H and O–H groups in total. The van der Waals surface area contributed by atoms with Gasteiger partial charge in [-0.2, -0.15) is 0 Å². The third-order valence-corrected chi connectivity index (χ3v) is 4.97. The van der Waals surface area contributed by atoms with Crippen molar-refractivity contribution in [1.29, 1.82) is 0 Å². The molecule has 4 nitrogen and oxygen atoms in total. The summed E-state index contributed by atoms with van der Waals surface area (Å²) in [5, 5.41) is 3.35. The van der Waals surface area contributed by atoms with Crippen LogP contribution in [-0.4, -0.2) is 36.9 Å². The predicted octanol–water partition coefficient (Wildman–Crippen LogP) is 2.74. The Morgan fingerprint density at radius 3 is 2.36 bits per heavy atom. The zero-order chi connectivity index (χ0) is 16.5. The lowest BCUT2D eigenvalue weighted by molar-refractivity contribution is -0.137. The zero-order valence-corrected chi connectivity index (χ0v) is 14.7. The van der Waals surface area contributed by atoms with Crippen molar-refractivity contribution in [3.8, 4) is 0 Å². The average Bonchev–Trinajstić information content (AvgIpc) is 3.06. The molecule has 2 fully saturated rings. The van der Waals surface area contributed by atoms with E-state index in [0.717, 1.165) is 32.2 Å². The number of carbonyl (C=O) groups excluding carboxylic acids is 2. The first-order chi connectivity index (χ1) is 10.1. The molecular weight excluding hydrogens is 278 g/mol. The van der Waals surface area contributed by atoms with Crippen LogP contribution in [0.15, 0.2) is 0 Å². The fourth-order valence-corrected chi connectivity index (χ4v) is 3.73. The summed E-state index contributed by atoms with van der Waals surface area (Å²) in [6, 6.07) is -0.0568. The van der Waals surface area contributed by atoms with E-state index in [1.807, 2.05) is 34.6 Å². The van der Waals surface area contributed by atoms with Crippen LogP contribution in [-0.2, 0) is 14.3 Å². The van der Waals surface area contributed by atoms with Crippen molar-refractivity contribution in [2.75, 3.05) is 13.2 Å². The molecule has 2 heterocycles. The van der Waals surface area contributed by atoms with E-state index in [1.165, 1.54) is 0 Å². The number of nitrogens with one attached hydrogen (secondary N) is 1. The van der Waals surface area contributed by atoms with Gasteiger partial charge in [0.05, 0.1) is 6.04 Å². The quantitative estimate of drug-likeness (QED) is 0.848. The van der Waals surface area contributed by atoms with E-state index in [2.05, 4.69) is 5.32 Å². The van der Waals surface area contributed by atoms with Crippen LogP contribution < -0.4 is 5.32 Å². The summed E-state index contributed by atoms with van der Waals surface area (Å²) in [4.78, 5) is 25.0. The highest BCUT2D eigenvalue weighted by molar-refractivity contribution is 5.89. The Bertz CT molecular complexity index is 430. The minimum absolute atomic E-state index is 0.0568. The number of carbonyl (C=O) groups is 2. The first-order valence-corrected chi connectivity index (χ1v) is 8.55. The lowest BCUT2D eigenvalue weighted by Gasteiger charge is -2.28. The highest BCUT2D eigenvalue weighted by Crippen LogP contribution is 2.35. The molecule has 0 aromatic carbocycles. The summed E-state index contributed by atoms with van der Waals surface area (Å²) in [6.07, 6.45) is 3.30. The molecule has 4 heteroatoms. The van der Waals surface area contributed by atoms with Gasteiger partial charge in [0.2, 0.25) is 0 Å². The topological polar surface area (TPSA) is 55.4 Å². The summed E-state index contributed by atoms with van der Waals surface area (Å²) in [6.45, 7) is 11.5. The van der Waals surface area contributed by atoms with Gasteiger partial charge in [0.15, 0.2) is 11.6 Å². The Kier molecular flexibility index (Phi) is 5.13. The Hall–Kier alpha value is -0.740. The number of ether oxygens (including phenoxy) is 1. The van der Waals surface area contributed by atoms with Gasteiger partial charge in [-0.15, -0.1) is 0 Å². The van der Waals surface area contributed by atoms with Crippen molar-refractivity contribution in [2.24, 2.45) is 16.7 Å². The number of hydrogen-bond donors (Lipinski definition) is 1. The van der Waals surface area contributed by atoms with E-state index in [0.29, 0.717) is 12.5 Å². The van der Waals surface area contributed by atoms with E-state index in [9.17, 15) is 9.59 Å². The van der Waals surface area contributed by atoms with E-state index >= 15 is 0 Å². The van der Waals surface area contributed by atoms with Crippen LogP contribution in [0.4, 0.5) is 0 Å². The number of ketones is 2. The van der Waals surface area contributed by atoms with E-state index in [4.69, 9.17) is 4.74 Å². The van der Waals surface area contributed by atoms with Crippen molar-refractivity contribution >= 4 is 11.6 Å².